The predicted molar refractivity (Wildman–Crippen MR) is 119 cm³/mol. The molecule has 0 saturated heterocycles. The van der Waals surface area contributed by atoms with Gasteiger partial charge in [0.15, 0.2) is 0 Å². The van der Waals surface area contributed by atoms with Gasteiger partial charge in [0.05, 0.1) is 0 Å². The van der Waals surface area contributed by atoms with Gasteiger partial charge in [-0.25, -0.2) is 26.3 Å². The monoisotopic (exact) mass is 552 g/mol. The molecule has 0 bridgehead atoms. The number of rotatable bonds is 12. The molecule has 0 heterocycles. The fourth-order valence-corrected chi connectivity index (χ4v) is 3.64. The normalized spacial score (nSPS) is 15.7. The van der Waals surface area contributed by atoms with E-state index >= 15 is 0 Å². The lowest BCUT2D eigenvalue weighted by molar-refractivity contribution is -0.0669. The van der Waals surface area contributed by atoms with Gasteiger partial charge in [-0.1, -0.05) is 36.4 Å². The molecule has 3 atom stereocenters. The van der Waals surface area contributed by atoms with E-state index in [1.54, 1.807) is 6.92 Å². The standard InChI is InChI=1S/C26H21F9O3/c1-26(14-2-8-17(9-3-14)36-23(33)20(27)28,15-4-10-18(11-5-15)37-24(34)21(29)30)16-6-12-19(13-7-16)38-25(35)22(31)32/h2-13,20-25H,1H3. The van der Waals surface area contributed by atoms with Crippen LogP contribution in [-0.4, -0.2) is 38.3 Å². The Morgan fingerprint density at radius 3 is 0.816 bits per heavy atom. The zero-order valence-electron chi connectivity index (χ0n) is 19.5. The Hall–Kier alpha value is -3.57. The van der Waals surface area contributed by atoms with Crippen molar-refractivity contribution in [2.24, 2.45) is 0 Å². The van der Waals surface area contributed by atoms with E-state index < -0.39 is 43.8 Å². The zero-order valence-corrected chi connectivity index (χ0v) is 19.5. The second-order valence-corrected chi connectivity index (χ2v) is 8.11. The molecular formula is C26H21F9O3. The van der Waals surface area contributed by atoms with E-state index in [0.29, 0.717) is 16.7 Å². The topological polar surface area (TPSA) is 27.7 Å². The third-order valence-corrected chi connectivity index (χ3v) is 5.64. The highest BCUT2D eigenvalue weighted by atomic mass is 19.3. The van der Waals surface area contributed by atoms with Crippen molar-refractivity contribution in [3.8, 4) is 17.2 Å². The van der Waals surface area contributed by atoms with E-state index in [1.807, 2.05) is 0 Å². The first-order valence-electron chi connectivity index (χ1n) is 11.0. The van der Waals surface area contributed by atoms with Gasteiger partial charge in [0.1, 0.15) is 17.2 Å². The first kappa shape index (κ1) is 29.0. The number of benzene rings is 3. The van der Waals surface area contributed by atoms with Crippen LogP contribution in [0.15, 0.2) is 72.8 Å². The van der Waals surface area contributed by atoms with E-state index in [4.69, 9.17) is 0 Å². The summed E-state index contributed by atoms with van der Waals surface area (Å²) in [5, 5.41) is 0. The van der Waals surface area contributed by atoms with Crippen LogP contribution in [0.3, 0.4) is 0 Å². The Bertz CT molecular complexity index is 996. The fourth-order valence-electron chi connectivity index (χ4n) is 3.64. The molecule has 0 radical (unpaired) electrons. The summed E-state index contributed by atoms with van der Waals surface area (Å²) < 4.78 is 128. The third-order valence-electron chi connectivity index (χ3n) is 5.64. The summed E-state index contributed by atoms with van der Waals surface area (Å²) in [4.78, 5) is 0. The quantitative estimate of drug-likeness (QED) is 0.169. The Labute approximate surface area is 211 Å². The molecule has 3 rings (SSSR count). The van der Waals surface area contributed by atoms with Crippen molar-refractivity contribution < 1.29 is 53.7 Å². The number of ether oxygens (including phenoxy) is 3. The van der Waals surface area contributed by atoms with E-state index in [9.17, 15) is 39.5 Å². The Morgan fingerprint density at radius 2 is 0.632 bits per heavy atom. The number of halogens is 9. The fraction of sp³-hybridized carbons (Fsp3) is 0.308. The molecule has 0 amide bonds. The zero-order chi connectivity index (χ0) is 28.0. The molecule has 12 heteroatoms. The average Bonchev–Trinajstić information content (AvgIpc) is 2.89. The van der Waals surface area contributed by atoms with Gasteiger partial charge in [0.25, 0.3) is 19.1 Å². The molecule has 3 unspecified atom stereocenters. The molecule has 3 aromatic rings. The maximum absolute atomic E-state index is 13.3. The summed E-state index contributed by atoms with van der Waals surface area (Å²) in [7, 11) is 0. The van der Waals surface area contributed by atoms with Crippen molar-refractivity contribution in [1.29, 1.82) is 0 Å². The maximum atomic E-state index is 13.3. The van der Waals surface area contributed by atoms with Crippen LogP contribution in [-0.2, 0) is 5.41 Å². The highest BCUT2D eigenvalue weighted by Gasteiger charge is 2.32. The predicted octanol–water partition coefficient (Wildman–Crippen LogP) is 7.86. The van der Waals surface area contributed by atoms with Gasteiger partial charge in [0, 0.05) is 5.41 Å². The van der Waals surface area contributed by atoms with Gasteiger partial charge >= 0.3 is 19.3 Å². The molecule has 0 saturated carbocycles. The van der Waals surface area contributed by atoms with Gasteiger partial charge in [-0.05, 0) is 60.0 Å². The lowest BCUT2D eigenvalue weighted by atomic mass is 9.71. The van der Waals surface area contributed by atoms with Crippen LogP contribution >= 0.6 is 0 Å². The smallest absolute Gasteiger partial charge is 0.304 e. The lowest BCUT2D eigenvalue weighted by Crippen LogP contribution is -2.26. The molecule has 38 heavy (non-hydrogen) atoms. The highest BCUT2D eigenvalue weighted by Crippen LogP contribution is 2.41. The summed E-state index contributed by atoms with van der Waals surface area (Å²) in [5.41, 5.74) is 0.424. The molecule has 0 aromatic heterocycles. The minimum absolute atomic E-state index is 0.182. The van der Waals surface area contributed by atoms with Crippen molar-refractivity contribution in [3.05, 3.63) is 89.5 Å². The Balaban J connectivity index is 1.99. The van der Waals surface area contributed by atoms with Crippen molar-refractivity contribution >= 4 is 0 Å². The van der Waals surface area contributed by atoms with E-state index in [2.05, 4.69) is 14.2 Å². The van der Waals surface area contributed by atoms with Crippen molar-refractivity contribution in [2.45, 2.75) is 50.7 Å². The molecule has 3 nitrogen and oxygen atoms in total. The summed E-state index contributed by atoms with van der Waals surface area (Å²) in [6.45, 7) is 1.71. The van der Waals surface area contributed by atoms with Gasteiger partial charge in [-0.15, -0.1) is 0 Å². The summed E-state index contributed by atoms with van der Waals surface area (Å²) >= 11 is 0. The van der Waals surface area contributed by atoms with Crippen LogP contribution in [0.2, 0.25) is 0 Å². The minimum Gasteiger partial charge on any atom is -0.454 e. The van der Waals surface area contributed by atoms with E-state index in [0.717, 1.165) is 0 Å². The first-order chi connectivity index (χ1) is 17.9. The van der Waals surface area contributed by atoms with E-state index in [-0.39, 0.29) is 17.2 Å². The van der Waals surface area contributed by atoms with Crippen LogP contribution in [0.25, 0.3) is 0 Å². The first-order valence-corrected chi connectivity index (χ1v) is 11.0. The van der Waals surface area contributed by atoms with Crippen molar-refractivity contribution in [2.75, 3.05) is 0 Å². The molecule has 0 N–H and O–H groups in total. The average molecular weight is 552 g/mol. The van der Waals surface area contributed by atoms with Crippen LogP contribution in [0, 0.1) is 0 Å². The molecule has 3 aromatic carbocycles. The van der Waals surface area contributed by atoms with Gasteiger partial charge in [-0.3, -0.25) is 0 Å². The molecular weight excluding hydrogens is 531 g/mol. The van der Waals surface area contributed by atoms with Crippen LogP contribution in [0.5, 0.6) is 17.2 Å². The van der Waals surface area contributed by atoms with Gasteiger partial charge in [-0.2, -0.15) is 13.2 Å². The molecule has 0 aliphatic rings. The molecule has 0 aliphatic carbocycles. The second-order valence-electron chi connectivity index (χ2n) is 8.11. The van der Waals surface area contributed by atoms with Crippen LogP contribution < -0.4 is 14.2 Å². The summed E-state index contributed by atoms with van der Waals surface area (Å²) in [5.74, 6) is -0.546. The Kier molecular flexibility index (Phi) is 9.40. The molecule has 0 fully saturated rings. The molecule has 0 aliphatic heterocycles. The van der Waals surface area contributed by atoms with Crippen LogP contribution in [0.1, 0.15) is 23.6 Å². The van der Waals surface area contributed by atoms with Gasteiger partial charge < -0.3 is 14.2 Å². The second kappa shape index (κ2) is 12.3. The molecule has 206 valence electrons. The van der Waals surface area contributed by atoms with Crippen LogP contribution in [0.4, 0.5) is 39.5 Å². The minimum atomic E-state index is -3.36. The van der Waals surface area contributed by atoms with Crippen molar-refractivity contribution in [1.82, 2.24) is 0 Å². The maximum Gasteiger partial charge on any atom is 0.304 e. The Morgan fingerprint density at radius 1 is 0.421 bits per heavy atom. The lowest BCUT2D eigenvalue weighted by Gasteiger charge is -2.32. The molecule has 0 spiro atoms. The number of hydrogen-bond acceptors (Lipinski definition) is 3. The van der Waals surface area contributed by atoms with Gasteiger partial charge in [0.2, 0.25) is 0 Å². The summed E-state index contributed by atoms with van der Waals surface area (Å²) in [6, 6.07) is 16.3. The van der Waals surface area contributed by atoms with E-state index in [1.165, 1.54) is 72.8 Å². The SMILES string of the molecule is CC(c1ccc(OC(F)C(F)F)cc1)(c1ccc(OC(F)C(F)F)cc1)c1ccc(OC(F)C(F)F)cc1. The third kappa shape index (κ3) is 6.84. The largest absolute Gasteiger partial charge is 0.454 e. The number of alkyl halides is 9. The summed E-state index contributed by atoms with van der Waals surface area (Å²) in [6.07, 6.45) is -18.6. The number of hydrogen-bond donors (Lipinski definition) is 0. The highest BCUT2D eigenvalue weighted by molar-refractivity contribution is 5.52. The van der Waals surface area contributed by atoms with Crippen molar-refractivity contribution in [3.63, 3.8) is 0 Å².